The lowest BCUT2D eigenvalue weighted by Gasteiger charge is -2.35. The second kappa shape index (κ2) is 15.4. The minimum absolute atomic E-state index is 0.0473. The van der Waals surface area contributed by atoms with E-state index in [4.69, 9.17) is 24.4 Å². The van der Waals surface area contributed by atoms with E-state index in [1.807, 2.05) is 12.1 Å². The highest BCUT2D eigenvalue weighted by Crippen LogP contribution is 2.49. The monoisotopic (exact) mass is 720 g/mol. The van der Waals surface area contributed by atoms with Gasteiger partial charge in [-0.05, 0) is 86.2 Å². The van der Waals surface area contributed by atoms with Gasteiger partial charge >= 0.3 is 12.4 Å². The molecular formula is C35H35F6N4PS2. The third-order valence-corrected chi connectivity index (χ3v) is 11.4. The highest BCUT2D eigenvalue weighted by molar-refractivity contribution is 7.80. The van der Waals surface area contributed by atoms with Crippen LogP contribution in [-0.4, -0.2) is 28.4 Å². The Morgan fingerprint density at radius 1 is 0.750 bits per heavy atom. The Balaban J connectivity index is 1.23. The fraction of sp³-hybridized carbons (Fsp3) is 0.314. The molecule has 3 aromatic carbocycles. The Morgan fingerprint density at radius 3 is 1.75 bits per heavy atom. The van der Waals surface area contributed by atoms with Gasteiger partial charge in [0.1, 0.15) is 0 Å². The summed E-state index contributed by atoms with van der Waals surface area (Å²) in [5.41, 5.74) is -3.23. The van der Waals surface area contributed by atoms with Crippen molar-refractivity contribution in [1.29, 1.82) is 0 Å². The number of alkyl halides is 6. The van der Waals surface area contributed by atoms with Gasteiger partial charge in [-0.2, -0.15) is 26.3 Å². The smallest absolute Gasteiger partial charge is 0.359 e. The molecule has 0 unspecified atom stereocenters. The number of allylic oxidation sites excluding steroid dienone is 2. The Morgan fingerprint density at radius 2 is 1.25 bits per heavy atom. The standard InChI is InChI=1S/C35H35F6N4PS2/c1-22(28-15-10-18-31(28)46(26-11-4-2-5-12-26)27-13-6-3-7-14-27)42-32(47)44-29-16-8-9-17-30(29)45-33(48)43-25-20-23(34(36,37)38)19-24(21-25)35(39,40)41/h2-7,10-15,18-22,28-30H,8-9,16-17H2,1H3,(H2,42,44,47)(H2,43,45,48)/t22-,28+,29+,30+/m1/s1. The predicted octanol–water partition coefficient (Wildman–Crippen LogP) is 8.38. The highest BCUT2D eigenvalue weighted by Gasteiger charge is 2.37. The van der Waals surface area contributed by atoms with Crippen LogP contribution in [0, 0.1) is 5.92 Å². The summed E-state index contributed by atoms with van der Waals surface area (Å²) in [6.45, 7) is 2.09. The van der Waals surface area contributed by atoms with Gasteiger partial charge in [0.05, 0.1) is 11.1 Å². The Hall–Kier alpha value is -3.47. The minimum Gasteiger partial charge on any atom is -0.359 e. The molecule has 5 rings (SSSR count). The molecule has 4 N–H and O–H groups in total. The number of halogens is 6. The van der Waals surface area contributed by atoms with Gasteiger partial charge in [0.15, 0.2) is 10.2 Å². The fourth-order valence-corrected chi connectivity index (χ4v) is 9.36. The minimum atomic E-state index is -4.96. The number of hydrogen-bond donors (Lipinski definition) is 4. The molecule has 0 saturated heterocycles. The van der Waals surface area contributed by atoms with Gasteiger partial charge in [-0.3, -0.25) is 0 Å². The Labute approximate surface area is 288 Å². The number of hydrogen-bond acceptors (Lipinski definition) is 2. The van der Waals surface area contributed by atoms with Crippen LogP contribution in [0.1, 0.15) is 43.7 Å². The number of benzene rings is 3. The van der Waals surface area contributed by atoms with Crippen molar-refractivity contribution in [2.75, 3.05) is 5.32 Å². The normalized spacial score (nSPS) is 20.2. The molecule has 1 saturated carbocycles. The van der Waals surface area contributed by atoms with Crippen molar-refractivity contribution >= 4 is 58.9 Å². The Kier molecular flexibility index (Phi) is 11.5. The van der Waals surface area contributed by atoms with Crippen molar-refractivity contribution in [3.63, 3.8) is 0 Å². The van der Waals surface area contributed by atoms with Gasteiger partial charge in [0, 0.05) is 29.7 Å². The van der Waals surface area contributed by atoms with Crippen LogP contribution in [0.2, 0.25) is 0 Å². The Bertz CT molecular complexity index is 1570. The van der Waals surface area contributed by atoms with Crippen LogP contribution in [0.4, 0.5) is 32.0 Å². The molecule has 2 aliphatic rings. The third kappa shape index (κ3) is 9.15. The zero-order valence-corrected chi connectivity index (χ0v) is 28.4. The van der Waals surface area contributed by atoms with Crippen LogP contribution in [0.3, 0.4) is 0 Å². The first-order valence-corrected chi connectivity index (χ1v) is 17.7. The van der Waals surface area contributed by atoms with E-state index in [0.29, 0.717) is 23.7 Å². The molecule has 48 heavy (non-hydrogen) atoms. The van der Waals surface area contributed by atoms with Gasteiger partial charge in [-0.25, -0.2) is 0 Å². The summed E-state index contributed by atoms with van der Waals surface area (Å²) in [6.07, 6.45) is -0.209. The fourth-order valence-electron chi connectivity index (χ4n) is 6.08. The molecule has 1 fully saturated rings. The zero-order valence-electron chi connectivity index (χ0n) is 25.9. The quantitative estimate of drug-likeness (QED) is 0.107. The van der Waals surface area contributed by atoms with E-state index >= 15 is 0 Å². The second-order valence-electron chi connectivity index (χ2n) is 11.8. The molecule has 0 spiro atoms. The van der Waals surface area contributed by atoms with Crippen LogP contribution < -0.4 is 31.9 Å². The molecule has 2 aliphatic carbocycles. The molecule has 13 heteroatoms. The molecule has 0 heterocycles. The van der Waals surface area contributed by atoms with Gasteiger partial charge < -0.3 is 21.3 Å². The maximum atomic E-state index is 13.3. The zero-order chi connectivity index (χ0) is 34.5. The van der Waals surface area contributed by atoms with Crippen LogP contribution in [0.25, 0.3) is 0 Å². The van der Waals surface area contributed by atoms with E-state index in [1.54, 1.807) is 0 Å². The lowest BCUT2D eigenvalue weighted by molar-refractivity contribution is -0.143. The van der Waals surface area contributed by atoms with Crippen molar-refractivity contribution < 1.29 is 26.3 Å². The summed E-state index contributed by atoms with van der Waals surface area (Å²) in [7, 11) is -0.782. The van der Waals surface area contributed by atoms with Crippen LogP contribution in [-0.2, 0) is 12.4 Å². The van der Waals surface area contributed by atoms with Crippen molar-refractivity contribution in [2.24, 2.45) is 5.92 Å². The number of thiocarbonyl (C=S) groups is 2. The molecule has 0 aromatic heterocycles. The van der Waals surface area contributed by atoms with Crippen molar-refractivity contribution in [1.82, 2.24) is 16.0 Å². The lowest BCUT2D eigenvalue weighted by Crippen LogP contribution is -2.56. The van der Waals surface area contributed by atoms with E-state index in [0.717, 1.165) is 19.3 Å². The first kappa shape index (κ1) is 35.8. The van der Waals surface area contributed by atoms with E-state index in [-0.39, 0.29) is 35.2 Å². The maximum Gasteiger partial charge on any atom is 0.416 e. The summed E-state index contributed by atoms with van der Waals surface area (Å²) in [5, 5.41) is 16.7. The van der Waals surface area contributed by atoms with Crippen molar-refractivity contribution in [2.45, 2.75) is 63.1 Å². The summed E-state index contributed by atoms with van der Waals surface area (Å²) in [4.78, 5) is 0. The molecule has 0 radical (unpaired) electrons. The summed E-state index contributed by atoms with van der Waals surface area (Å²) < 4.78 is 80.1. The van der Waals surface area contributed by atoms with Crippen LogP contribution >= 0.6 is 32.4 Å². The summed E-state index contributed by atoms with van der Waals surface area (Å²) >= 11 is 11.1. The van der Waals surface area contributed by atoms with Gasteiger partial charge in [0.2, 0.25) is 0 Å². The maximum absolute atomic E-state index is 13.3. The average Bonchev–Trinajstić information content (AvgIpc) is 3.52. The predicted molar refractivity (Wildman–Crippen MR) is 190 cm³/mol. The number of anilines is 1. The SMILES string of the molecule is C[C@@H](NC(=S)N[C@H]1CCCC[C@@H]1NC(=S)Nc1cc(C(F)(F)F)cc(C(F)(F)F)c1)[C@@H]1C=CC=C1P(c1ccccc1)c1ccccc1. The molecule has 0 bridgehead atoms. The van der Waals surface area contributed by atoms with E-state index < -0.39 is 37.1 Å². The first-order chi connectivity index (χ1) is 22.8. The second-order valence-corrected chi connectivity index (χ2v) is 14.8. The molecule has 4 atom stereocenters. The number of nitrogens with one attached hydrogen (secondary N) is 4. The average molecular weight is 721 g/mol. The van der Waals surface area contributed by atoms with Gasteiger partial charge in [-0.15, -0.1) is 0 Å². The molecule has 3 aromatic rings. The summed E-state index contributed by atoms with van der Waals surface area (Å²) in [5.74, 6) is 0.0855. The molecule has 4 nitrogen and oxygen atoms in total. The van der Waals surface area contributed by atoms with Crippen LogP contribution in [0.15, 0.2) is 102 Å². The van der Waals surface area contributed by atoms with E-state index in [9.17, 15) is 26.3 Å². The third-order valence-electron chi connectivity index (χ3n) is 8.36. The van der Waals surface area contributed by atoms with Crippen molar-refractivity contribution in [3.05, 3.63) is 114 Å². The first-order valence-electron chi connectivity index (χ1n) is 15.5. The van der Waals surface area contributed by atoms with E-state index in [1.165, 1.54) is 15.9 Å². The van der Waals surface area contributed by atoms with Gasteiger partial charge in [0.25, 0.3) is 0 Å². The van der Waals surface area contributed by atoms with Crippen molar-refractivity contribution in [3.8, 4) is 0 Å². The molecular weight excluding hydrogens is 686 g/mol. The largest absolute Gasteiger partial charge is 0.416 e. The summed E-state index contributed by atoms with van der Waals surface area (Å²) in [6, 6.07) is 21.7. The van der Waals surface area contributed by atoms with E-state index in [2.05, 4.69) is 94.9 Å². The topological polar surface area (TPSA) is 48.1 Å². The number of rotatable bonds is 8. The lowest BCUT2D eigenvalue weighted by atomic mass is 9.90. The van der Waals surface area contributed by atoms with Crippen LogP contribution in [0.5, 0.6) is 0 Å². The molecule has 254 valence electrons. The highest BCUT2D eigenvalue weighted by atomic mass is 32.1. The van der Waals surface area contributed by atoms with Gasteiger partial charge in [-0.1, -0.05) is 91.7 Å². The molecule has 0 aliphatic heterocycles. The molecule has 0 amide bonds.